The minimum atomic E-state index is -4.50. The lowest BCUT2D eigenvalue weighted by Gasteiger charge is -2.19. The van der Waals surface area contributed by atoms with Crippen molar-refractivity contribution in [1.82, 2.24) is 15.0 Å². The number of hydrogen-bond donors (Lipinski definition) is 0. The van der Waals surface area contributed by atoms with Crippen LogP contribution in [0.2, 0.25) is 0 Å². The number of alkyl halides is 3. The number of carbonyl (C=O) groups excluding carboxylic acids is 1. The van der Waals surface area contributed by atoms with Gasteiger partial charge in [-0.1, -0.05) is 23.4 Å². The summed E-state index contributed by atoms with van der Waals surface area (Å²) in [6, 6.07) is 9.44. The largest absolute Gasteiger partial charge is 0.416 e. The molecule has 1 unspecified atom stereocenters. The van der Waals surface area contributed by atoms with Crippen LogP contribution in [0.5, 0.6) is 0 Å². The van der Waals surface area contributed by atoms with Gasteiger partial charge in [0.2, 0.25) is 17.6 Å². The third-order valence-corrected chi connectivity index (χ3v) is 5.47. The molecule has 156 valence electrons. The van der Waals surface area contributed by atoms with Gasteiger partial charge in [0.05, 0.1) is 16.0 Å². The average molecular weight is 484 g/mol. The summed E-state index contributed by atoms with van der Waals surface area (Å²) >= 11 is 3.09. The Balaban J connectivity index is 1.51. The van der Waals surface area contributed by atoms with E-state index in [4.69, 9.17) is 4.52 Å². The number of likely N-dealkylation sites (tertiary alicyclic amines) is 1. The Labute approximate surface area is 176 Å². The fraction of sp³-hybridized carbons (Fsp3) is 0.250. The van der Waals surface area contributed by atoms with Gasteiger partial charge in [-0.25, -0.2) is 4.39 Å². The summed E-state index contributed by atoms with van der Waals surface area (Å²) in [5.74, 6) is -0.704. The SMILES string of the molecule is O=C1CC(c2nc(-c3ccc(F)c(Br)c3)no2)CN1Cc1ccccc1C(F)(F)F. The quantitative estimate of drug-likeness (QED) is 0.480. The van der Waals surface area contributed by atoms with Gasteiger partial charge in [0, 0.05) is 25.1 Å². The van der Waals surface area contributed by atoms with Crippen LogP contribution >= 0.6 is 15.9 Å². The van der Waals surface area contributed by atoms with Crippen LogP contribution in [0.25, 0.3) is 11.4 Å². The number of aromatic nitrogens is 2. The molecule has 1 atom stereocenters. The Kier molecular flexibility index (Phi) is 5.35. The molecule has 1 aliphatic heterocycles. The van der Waals surface area contributed by atoms with Crippen LogP contribution in [0.15, 0.2) is 51.5 Å². The third kappa shape index (κ3) is 4.09. The van der Waals surface area contributed by atoms with E-state index in [2.05, 4.69) is 26.1 Å². The lowest BCUT2D eigenvalue weighted by atomic mass is 10.1. The summed E-state index contributed by atoms with van der Waals surface area (Å²) in [4.78, 5) is 18.0. The second-order valence-electron chi connectivity index (χ2n) is 6.92. The molecule has 2 aromatic carbocycles. The van der Waals surface area contributed by atoms with Crippen molar-refractivity contribution in [2.24, 2.45) is 0 Å². The van der Waals surface area contributed by atoms with Gasteiger partial charge < -0.3 is 9.42 Å². The fourth-order valence-electron chi connectivity index (χ4n) is 3.38. The zero-order valence-corrected chi connectivity index (χ0v) is 16.9. The van der Waals surface area contributed by atoms with Crippen LogP contribution in [0.4, 0.5) is 17.6 Å². The van der Waals surface area contributed by atoms with Crippen LogP contribution in [-0.4, -0.2) is 27.5 Å². The number of carbonyl (C=O) groups is 1. The molecule has 0 N–H and O–H groups in total. The molecular weight excluding hydrogens is 470 g/mol. The predicted molar refractivity (Wildman–Crippen MR) is 102 cm³/mol. The highest BCUT2D eigenvalue weighted by atomic mass is 79.9. The van der Waals surface area contributed by atoms with Crippen LogP contribution in [-0.2, 0) is 17.5 Å². The summed E-state index contributed by atoms with van der Waals surface area (Å²) in [5, 5.41) is 3.87. The minimum Gasteiger partial charge on any atom is -0.339 e. The third-order valence-electron chi connectivity index (χ3n) is 4.87. The van der Waals surface area contributed by atoms with Gasteiger partial charge in [0.1, 0.15) is 5.82 Å². The Morgan fingerprint density at radius 3 is 2.70 bits per heavy atom. The van der Waals surface area contributed by atoms with Gasteiger partial charge in [0.25, 0.3) is 0 Å². The van der Waals surface area contributed by atoms with E-state index in [1.54, 1.807) is 0 Å². The zero-order chi connectivity index (χ0) is 21.5. The molecular formula is C20H14BrF4N3O2. The van der Waals surface area contributed by atoms with Crippen LogP contribution in [0.3, 0.4) is 0 Å². The van der Waals surface area contributed by atoms with E-state index in [-0.39, 0.29) is 47.2 Å². The normalized spacial score (nSPS) is 17.0. The molecule has 1 fully saturated rings. The number of amides is 1. The first-order valence-corrected chi connectivity index (χ1v) is 9.73. The molecule has 10 heteroatoms. The Bertz CT molecular complexity index is 1100. The molecule has 4 rings (SSSR count). The van der Waals surface area contributed by atoms with E-state index >= 15 is 0 Å². The van der Waals surface area contributed by atoms with Crippen molar-refractivity contribution in [3.8, 4) is 11.4 Å². The Morgan fingerprint density at radius 1 is 1.20 bits per heavy atom. The maximum absolute atomic E-state index is 13.4. The predicted octanol–water partition coefficient (Wildman–Crippen LogP) is 5.17. The second-order valence-corrected chi connectivity index (χ2v) is 7.77. The maximum atomic E-state index is 13.4. The summed E-state index contributed by atoms with van der Waals surface area (Å²) in [6.07, 6.45) is -4.44. The molecule has 2 heterocycles. The van der Waals surface area contributed by atoms with Crippen molar-refractivity contribution >= 4 is 21.8 Å². The fourth-order valence-corrected chi connectivity index (χ4v) is 3.76. The molecule has 0 saturated carbocycles. The minimum absolute atomic E-state index is 0.0291. The monoisotopic (exact) mass is 483 g/mol. The van der Waals surface area contributed by atoms with Gasteiger partial charge in [-0.05, 0) is 45.8 Å². The lowest BCUT2D eigenvalue weighted by molar-refractivity contribution is -0.139. The maximum Gasteiger partial charge on any atom is 0.416 e. The Morgan fingerprint density at radius 2 is 1.97 bits per heavy atom. The number of halogens is 5. The number of nitrogens with zero attached hydrogens (tertiary/aromatic N) is 3. The molecule has 1 saturated heterocycles. The van der Waals surface area contributed by atoms with Crippen molar-refractivity contribution in [1.29, 1.82) is 0 Å². The van der Waals surface area contributed by atoms with E-state index in [0.29, 0.717) is 5.56 Å². The molecule has 3 aromatic rings. The van der Waals surface area contributed by atoms with E-state index in [0.717, 1.165) is 6.07 Å². The first-order chi connectivity index (χ1) is 14.2. The van der Waals surface area contributed by atoms with Crippen molar-refractivity contribution in [3.05, 3.63) is 69.8 Å². The highest BCUT2D eigenvalue weighted by molar-refractivity contribution is 9.10. The molecule has 0 aliphatic carbocycles. The van der Waals surface area contributed by atoms with Gasteiger partial charge >= 0.3 is 6.18 Å². The van der Waals surface area contributed by atoms with E-state index in [1.807, 2.05) is 0 Å². The van der Waals surface area contributed by atoms with E-state index in [1.165, 1.54) is 41.3 Å². The van der Waals surface area contributed by atoms with Crippen molar-refractivity contribution in [3.63, 3.8) is 0 Å². The first kappa shape index (κ1) is 20.5. The van der Waals surface area contributed by atoms with Crippen LogP contribution in [0.1, 0.15) is 29.4 Å². The van der Waals surface area contributed by atoms with Crippen LogP contribution < -0.4 is 0 Å². The zero-order valence-electron chi connectivity index (χ0n) is 15.3. The lowest BCUT2D eigenvalue weighted by Crippen LogP contribution is -2.26. The summed E-state index contributed by atoms with van der Waals surface area (Å²) in [6.45, 7) is 0.0106. The Hall–Kier alpha value is -2.75. The standard InChI is InChI=1S/C20H14BrF4N3O2/c21-15-7-11(5-6-16(15)22)18-26-19(30-27-18)13-8-17(29)28(10-13)9-12-3-1-2-4-14(12)20(23,24)25/h1-7,13H,8-10H2. The van der Waals surface area contributed by atoms with E-state index in [9.17, 15) is 22.4 Å². The molecule has 1 aliphatic rings. The molecule has 0 spiro atoms. The molecule has 0 bridgehead atoms. The van der Waals surface area contributed by atoms with Crippen LogP contribution in [0, 0.1) is 5.82 Å². The van der Waals surface area contributed by atoms with Gasteiger partial charge in [0.15, 0.2) is 0 Å². The average Bonchev–Trinajstić information content (AvgIpc) is 3.31. The van der Waals surface area contributed by atoms with Crippen molar-refractivity contribution in [2.45, 2.75) is 25.1 Å². The van der Waals surface area contributed by atoms with Gasteiger partial charge in [-0.15, -0.1) is 0 Å². The molecule has 30 heavy (non-hydrogen) atoms. The van der Waals surface area contributed by atoms with Gasteiger partial charge in [-0.2, -0.15) is 18.2 Å². The molecule has 5 nitrogen and oxygen atoms in total. The van der Waals surface area contributed by atoms with Crippen molar-refractivity contribution in [2.75, 3.05) is 6.54 Å². The molecule has 0 radical (unpaired) electrons. The summed E-state index contributed by atoms with van der Waals surface area (Å²) < 4.78 is 58.6. The highest BCUT2D eigenvalue weighted by Crippen LogP contribution is 2.35. The molecule has 1 aromatic heterocycles. The topological polar surface area (TPSA) is 59.2 Å². The van der Waals surface area contributed by atoms with Crippen molar-refractivity contribution < 1.29 is 26.9 Å². The summed E-state index contributed by atoms with van der Waals surface area (Å²) in [7, 11) is 0. The van der Waals surface area contributed by atoms with Gasteiger partial charge in [-0.3, -0.25) is 4.79 Å². The smallest absolute Gasteiger partial charge is 0.339 e. The molecule has 1 amide bonds. The summed E-state index contributed by atoms with van der Waals surface area (Å²) in [5.41, 5.74) is -0.205. The second kappa shape index (κ2) is 7.82. The van der Waals surface area contributed by atoms with E-state index < -0.39 is 23.5 Å². The highest BCUT2D eigenvalue weighted by Gasteiger charge is 2.37. The number of hydrogen-bond acceptors (Lipinski definition) is 4. The number of rotatable bonds is 4. The first-order valence-electron chi connectivity index (χ1n) is 8.94. The number of benzene rings is 2.